The SMILES string of the molecule is CC(c1ccccn1)C(N)c1cccc(F)c1Br. The second-order valence-electron chi connectivity index (χ2n) is 4.21. The lowest BCUT2D eigenvalue weighted by Crippen LogP contribution is -2.19. The number of nitrogens with zero attached hydrogens (tertiary/aromatic N) is 1. The largest absolute Gasteiger partial charge is 0.323 e. The number of nitrogens with two attached hydrogens (primary N) is 1. The van der Waals surface area contributed by atoms with Crippen LogP contribution in [0.4, 0.5) is 4.39 Å². The summed E-state index contributed by atoms with van der Waals surface area (Å²) < 4.78 is 13.9. The highest BCUT2D eigenvalue weighted by molar-refractivity contribution is 9.10. The fourth-order valence-electron chi connectivity index (χ4n) is 1.88. The van der Waals surface area contributed by atoms with Crippen LogP contribution < -0.4 is 5.73 Å². The maximum absolute atomic E-state index is 13.5. The van der Waals surface area contributed by atoms with Crippen LogP contribution in [0.3, 0.4) is 0 Å². The number of rotatable bonds is 3. The van der Waals surface area contributed by atoms with Gasteiger partial charge in [-0.15, -0.1) is 0 Å². The molecule has 0 spiro atoms. The van der Waals surface area contributed by atoms with Crippen molar-refractivity contribution in [1.29, 1.82) is 0 Å². The number of aromatic nitrogens is 1. The molecule has 2 aromatic rings. The first kappa shape index (κ1) is 13.2. The van der Waals surface area contributed by atoms with E-state index in [2.05, 4.69) is 20.9 Å². The molecule has 0 bridgehead atoms. The molecule has 0 amide bonds. The Kier molecular flexibility index (Phi) is 4.09. The number of hydrogen-bond donors (Lipinski definition) is 1. The molecule has 2 atom stereocenters. The average Bonchev–Trinajstić information content (AvgIpc) is 2.41. The Morgan fingerprint density at radius 2 is 2.00 bits per heavy atom. The Morgan fingerprint density at radius 3 is 2.67 bits per heavy atom. The van der Waals surface area contributed by atoms with Crippen molar-refractivity contribution in [3.63, 3.8) is 0 Å². The molecule has 0 fully saturated rings. The fraction of sp³-hybridized carbons (Fsp3) is 0.214. The number of benzene rings is 1. The summed E-state index contributed by atoms with van der Waals surface area (Å²) in [6.45, 7) is 1.99. The van der Waals surface area contributed by atoms with Crippen molar-refractivity contribution in [2.45, 2.75) is 18.9 Å². The molecule has 1 heterocycles. The van der Waals surface area contributed by atoms with Crippen LogP contribution >= 0.6 is 15.9 Å². The molecular weight excluding hydrogens is 295 g/mol. The highest BCUT2D eigenvalue weighted by Crippen LogP contribution is 2.32. The summed E-state index contributed by atoms with van der Waals surface area (Å²) in [5.74, 6) is -0.277. The molecule has 2 N–H and O–H groups in total. The van der Waals surface area contributed by atoms with Gasteiger partial charge in [-0.25, -0.2) is 4.39 Å². The third kappa shape index (κ3) is 2.60. The summed E-state index contributed by atoms with van der Waals surface area (Å²) in [4.78, 5) is 4.29. The topological polar surface area (TPSA) is 38.9 Å². The number of halogens is 2. The molecule has 0 aliphatic heterocycles. The first-order chi connectivity index (χ1) is 8.61. The quantitative estimate of drug-likeness (QED) is 0.937. The highest BCUT2D eigenvalue weighted by Gasteiger charge is 2.20. The van der Waals surface area contributed by atoms with Gasteiger partial charge in [0.1, 0.15) is 5.82 Å². The van der Waals surface area contributed by atoms with E-state index in [0.717, 1.165) is 11.3 Å². The second kappa shape index (κ2) is 5.59. The summed E-state index contributed by atoms with van der Waals surface area (Å²) in [6.07, 6.45) is 1.74. The van der Waals surface area contributed by atoms with E-state index in [9.17, 15) is 4.39 Å². The maximum atomic E-state index is 13.5. The van der Waals surface area contributed by atoms with Gasteiger partial charge in [0.15, 0.2) is 0 Å². The lowest BCUT2D eigenvalue weighted by Gasteiger charge is -2.21. The Balaban J connectivity index is 2.31. The molecule has 4 heteroatoms. The Hall–Kier alpha value is -1.26. The van der Waals surface area contributed by atoms with Crippen molar-refractivity contribution >= 4 is 15.9 Å². The minimum Gasteiger partial charge on any atom is -0.323 e. The smallest absolute Gasteiger partial charge is 0.137 e. The third-order valence-electron chi connectivity index (χ3n) is 3.03. The van der Waals surface area contributed by atoms with Crippen molar-refractivity contribution in [2.24, 2.45) is 5.73 Å². The first-order valence-electron chi connectivity index (χ1n) is 5.71. The Labute approximate surface area is 114 Å². The monoisotopic (exact) mass is 308 g/mol. The Bertz CT molecular complexity index is 531. The molecule has 0 aliphatic rings. The summed E-state index contributed by atoms with van der Waals surface area (Å²) in [6, 6.07) is 10.3. The summed E-state index contributed by atoms with van der Waals surface area (Å²) in [7, 11) is 0. The van der Waals surface area contributed by atoms with Gasteiger partial charge in [-0.05, 0) is 39.7 Å². The zero-order chi connectivity index (χ0) is 13.1. The van der Waals surface area contributed by atoms with Gasteiger partial charge in [0, 0.05) is 23.9 Å². The predicted molar refractivity (Wildman–Crippen MR) is 73.7 cm³/mol. The molecule has 1 aromatic carbocycles. The van der Waals surface area contributed by atoms with Crippen LogP contribution in [-0.4, -0.2) is 4.98 Å². The maximum Gasteiger partial charge on any atom is 0.137 e. The molecule has 2 rings (SSSR count). The molecule has 18 heavy (non-hydrogen) atoms. The van der Waals surface area contributed by atoms with Crippen LogP contribution in [0.2, 0.25) is 0 Å². The molecule has 2 unspecified atom stereocenters. The van der Waals surface area contributed by atoms with Crippen LogP contribution in [0, 0.1) is 5.82 Å². The average molecular weight is 309 g/mol. The van der Waals surface area contributed by atoms with E-state index in [1.54, 1.807) is 12.3 Å². The predicted octanol–water partition coefficient (Wildman–Crippen LogP) is 3.79. The van der Waals surface area contributed by atoms with Crippen LogP contribution in [0.1, 0.15) is 30.1 Å². The van der Waals surface area contributed by atoms with Gasteiger partial charge in [0.2, 0.25) is 0 Å². The minimum atomic E-state index is -0.301. The van der Waals surface area contributed by atoms with Crippen molar-refractivity contribution < 1.29 is 4.39 Å². The van der Waals surface area contributed by atoms with Gasteiger partial charge in [-0.3, -0.25) is 4.98 Å². The lowest BCUT2D eigenvalue weighted by molar-refractivity contribution is 0.567. The van der Waals surface area contributed by atoms with Crippen molar-refractivity contribution in [1.82, 2.24) is 4.98 Å². The van der Waals surface area contributed by atoms with E-state index >= 15 is 0 Å². The molecule has 2 nitrogen and oxygen atoms in total. The summed E-state index contributed by atoms with van der Waals surface area (Å²) in [5.41, 5.74) is 7.86. The van der Waals surface area contributed by atoms with E-state index < -0.39 is 0 Å². The molecule has 1 aromatic heterocycles. The molecule has 0 saturated heterocycles. The molecular formula is C14H14BrFN2. The van der Waals surface area contributed by atoms with Crippen molar-refractivity contribution in [3.8, 4) is 0 Å². The third-order valence-corrected chi connectivity index (χ3v) is 3.87. The van der Waals surface area contributed by atoms with Crippen LogP contribution in [0.5, 0.6) is 0 Å². The van der Waals surface area contributed by atoms with Gasteiger partial charge in [-0.2, -0.15) is 0 Å². The van der Waals surface area contributed by atoms with E-state index in [0.29, 0.717) is 4.47 Å². The zero-order valence-corrected chi connectivity index (χ0v) is 11.6. The normalized spacial score (nSPS) is 14.2. The van der Waals surface area contributed by atoms with Crippen LogP contribution in [-0.2, 0) is 0 Å². The molecule has 0 radical (unpaired) electrons. The molecule has 94 valence electrons. The standard InChI is InChI=1S/C14H14BrFN2/c1-9(12-7-2-3-8-18-12)14(17)10-5-4-6-11(16)13(10)15/h2-9,14H,17H2,1H3. The summed E-state index contributed by atoms with van der Waals surface area (Å²) in [5, 5.41) is 0. The lowest BCUT2D eigenvalue weighted by atomic mass is 9.92. The molecule has 0 saturated carbocycles. The number of hydrogen-bond acceptors (Lipinski definition) is 2. The van der Waals surface area contributed by atoms with Crippen LogP contribution in [0.25, 0.3) is 0 Å². The molecule has 0 aliphatic carbocycles. The summed E-state index contributed by atoms with van der Waals surface area (Å²) >= 11 is 3.25. The van der Waals surface area contributed by atoms with Crippen molar-refractivity contribution in [2.75, 3.05) is 0 Å². The van der Waals surface area contributed by atoms with Crippen molar-refractivity contribution in [3.05, 3.63) is 64.1 Å². The zero-order valence-electron chi connectivity index (χ0n) is 9.98. The first-order valence-corrected chi connectivity index (χ1v) is 6.51. The van der Waals surface area contributed by atoms with Gasteiger partial charge >= 0.3 is 0 Å². The Morgan fingerprint density at radius 1 is 1.22 bits per heavy atom. The van der Waals surface area contributed by atoms with E-state index in [1.807, 2.05) is 31.2 Å². The van der Waals surface area contributed by atoms with E-state index in [1.165, 1.54) is 6.07 Å². The van der Waals surface area contributed by atoms with E-state index in [4.69, 9.17) is 5.73 Å². The van der Waals surface area contributed by atoms with Gasteiger partial charge in [0.05, 0.1) is 4.47 Å². The van der Waals surface area contributed by atoms with Gasteiger partial charge in [-0.1, -0.05) is 25.1 Å². The minimum absolute atomic E-state index is 0.0179. The van der Waals surface area contributed by atoms with Gasteiger partial charge < -0.3 is 5.73 Å². The van der Waals surface area contributed by atoms with Crippen LogP contribution in [0.15, 0.2) is 47.1 Å². The highest BCUT2D eigenvalue weighted by atomic mass is 79.9. The number of pyridine rings is 1. The fourth-order valence-corrected chi connectivity index (χ4v) is 2.41. The van der Waals surface area contributed by atoms with E-state index in [-0.39, 0.29) is 17.8 Å². The van der Waals surface area contributed by atoms with Gasteiger partial charge in [0.25, 0.3) is 0 Å². The second-order valence-corrected chi connectivity index (χ2v) is 5.01.